The van der Waals surface area contributed by atoms with E-state index in [0.29, 0.717) is 6.04 Å². The van der Waals surface area contributed by atoms with Gasteiger partial charge < -0.3 is 19.9 Å². The molecule has 3 rings (SSSR count). The fourth-order valence-electron chi connectivity index (χ4n) is 3.76. The number of benzene rings is 1. The van der Waals surface area contributed by atoms with Crippen molar-refractivity contribution < 1.29 is 4.74 Å². The first-order chi connectivity index (χ1) is 11.7. The highest BCUT2D eigenvalue weighted by Gasteiger charge is 2.25. The third-order valence-electron chi connectivity index (χ3n) is 5.41. The molecule has 2 atom stereocenters. The van der Waals surface area contributed by atoms with Gasteiger partial charge in [-0.25, -0.2) is 0 Å². The molecule has 132 valence electrons. The van der Waals surface area contributed by atoms with E-state index in [2.05, 4.69) is 40.2 Å². The number of hydrogen-bond donors (Lipinski definition) is 1. The molecule has 1 saturated carbocycles. The van der Waals surface area contributed by atoms with Crippen LogP contribution in [0.4, 0.5) is 5.69 Å². The van der Waals surface area contributed by atoms with Gasteiger partial charge in [0, 0.05) is 44.0 Å². The molecule has 24 heavy (non-hydrogen) atoms. The fourth-order valence-corrected chi connectivity index (χ4v) is 4.09. The summed E-state index contributed by atoms with van der Waals surface area (Å²) < 4.78 is 5.33. The lowest BCUT2D eigenvalue weighted by atomic mass is 9.86. The van der Waals surface area contributed by atoms with Crippen LogP contribution in [0.2, 0.25) is 0 Å². The molecule has 5 heteroatoms. The first kappa shape index (κ1) is 17.3. The van der Waals surface area contributed by atoms with Gasteiger partial charge in [0.05, 0.1) is 7.11 Å². The van der Waals surface area contributed by atoms with Crippen molar-refractivity contribution in [1.82, 2.24) is 10.2 Å². The smallest absolute Gasteiger partial charge is 0.169 e. The van der Waals surface area contributed by atoms with Gasteiger partial charge in [-0.2, -0.15) is 0 Å². The highest BCUT2D eigenvalue weighted by Crippen LogP contribution is 2.25. The zero-order chi connectivity index (χ0) is 16.9. The van der Waals surface area contributed by atoms with Crippen LogP contribution in [0.5, 0.6) is 5.75 Å². The molecule has 0 bridgehead atoms. The number of nitrogens with one attached hydrogen (secondary N) is 1. The molecule has 2 fully saturated rings. The second-order valence-electron chi connectivity index (χ2n) is 6.99. The minimum absolute atomic E-state index is 0.558. The molecule has 0 spiro atoms. The van der Waals surface area contributed by atoms with Crippen LogP contribution < -0.4 is 15.0 Å². The fraction of sp³-hybridized carbons (Fsp3) is 0.632. The van der Waals surface area contributed by atoms with E-state index in [1.165, 1.54) is 31.4 Å². The van der Waals surface area contributed by atoms with E-state index < -0.39 is 0 Å². The number of ether oxygens (including phenoxy) is 1. The molecular formula is C19H29N3OS. The summed E-state index contributed by atoms with van der Waals surface area (Å²) in [6.07, 6.45) is 5.27. The maximum Gasteiger partial charge on any atom is 0.169 e. The monoisotopic (exact) mass is 347 g/mol. The predicted octanol–water partition coefficient (Wildman–Crippen LogP) is 3.27. The molecule has 1 heterocycles. The summed E-state index contributed by atoms with van der Waals surface area (Å²) in [6.45, 7) is 6.29. The van der Waals surface area contributed by atoms with Crippen molar-refractivity contribution in [2.45, 2.75) is 38.6 Å². The van der Waals surface area contributed by atoms with Gasteiger partial charge in [-0.1, -0.05) is 25.8 Å². The Morgan fingerprint density at radius 3 is 2.62 bits per heavy atom. The maximum atomic E-state index is 5.68. The van der Waals surface area contributed by atoms with Crippen molar-refractivity contribution in [2.75, 3.05) is 38.2 Å². The van der Waals surface area contributed by atoms with E-state index >= 15 is 0 Å². The van der Waals surface area contributed by atoms with Gasteiger partial charge in [-0.15, -0.1) is 0 Å². The Morgan fingerprint density at radius 1 is 1.17 bits per heavy atom. The lowest BCUT2D eigenvalue weighted by Gasteiger charge is -2.39. The first-order valence-corrected chi connectivity index (χ1v) is 9.52. The van der Waals surface area contributed by atoms with Gasteiger partial charge in [-0.05, 0) is 43.1 Å². The normalized spacial score (nSPS) is 24.6. The Bertz CT molecular complexity index is 557. The molecular weight excluding hydrogens is 318 g/mol. The number of thiocarbonyl (C=S) groups is 1. The van der Waals surface area contributed by atoms with E-state index in [4.69, 9.17) is 17.0 Å². The number of rotatable bonds is 3. The average molecular weight is 348 g/mol. The van der Waals surface area contributed by atoms with Crippen LogP contribution in [0.3, 0.4) is 0 Å². The van der Waals surface area contributed by atoms with Gasteiger partial charge in [0.15, 0.2) is 5.11 Å². The van der Waals surface area contributed by atoms with Crippen molar-refractivity contribution in [3.63, 3.8) is 0 Å². The SMILES string of the molecule is COc1cccc(N2CCN(C(=S)N[C@H]3CCCC[C@@H]3C)CC2)c1. The summed E-state index contributed by atoms with van der Waals surface area (Å²) >= 11 is 5.68. The molecule has 4 nitrogen and oxygen atoms in total. The molecule has 1 aliphatic heterocycles. The average Bonchev–Trinajstić information content (AvgIpc) is 2.64. The van der Waals surface area contributed by atoms with Crippen molar-refractivity contribution in [3.8, 4) is 5.75 Å². The van der Waals surface area contributed by atoms with Crippen LogP contribution in [0.1, 0.15) is 32.6 Å². The van der Waals surface area contributed by atoms with Crippen molar-refractivity contribution in [2.24, 2.45) is 5.92 Å². The van der Waals surface area contributed by atoms with Crippen LogP contribution in [0, 0.1) is 5.92 Å². The number of nitrogens with zero attached hydrogens (tertiary/aromatic N) is 2. The third-order valence-corrected chi connectivity index (χ3v) is 5.78. The maximum absolute atomic E-state index is 5.68. The minimum atomic E-state index is 0.558. The number of anilines is 1. The van der Waals surface area contributed by atoms with Crippen molar-refractivity contribution >= 4 is 23.0 Å². The first-order valence-electron chi connectivity index (χ1n) is 9.12. The number of piperazine rings is 1. The molecule has 0 amide bonds. The highest BCUT2D eigenvalue weighted by molar-refractivity contribution is 7.80. The van der Waals surface area contributed by atoms with Gasteiger partial charge >= 0.3 is 0 Å². The summed E-state index contributed by atoms with van der Waals surface area (Å²) in [5, 5.41) is 4.57. The van der Waals surface area contributed by atoms with Crippen LogP contribution in [-0.2, 0) is 0 Å². The molecule has 1 aromatic carbocycles. The van der Waals surface area contributed by atoms with Crippen molar-refractivity contribution in [1.29, 1.82) is 0 Å². The van der Waals surface area contributed by atoms with Crippen molar-refractivity contribution in [3.05, 3.63) is 24.3 Å². The molecule has 0 unspecified atom stereocenters. The van der Waals surface area contributed by atoms with Gasteiger partial charge in [0.1, 0.15) is 5.75 Å². The Labute approximate surface area is 151 Å². The van der Waals surface area contributed by atoms with Crippen LogP contribution >= 0.6 is 12.2 Å². The Kier molecular flexibility index (Phi) is 5.82. The van der Waals surface area contributed by atoms with Gasteiger partial charge in [0.2, 0.25) is 0 Å². The Hall–Kier alpha value is -1.49. The standard InChI is InChI=1S/C19H29N3OS/c1-15-6-3-4-9-18(15)20-19(24)22-12-10-21(11-13-22)16-7-5-8-17(14-16)23-2/h5,7-8,14-15,18H,3-4,6,9-13H2,1-2H3,(H,20,24)/t15-,18-/m0/s1. The number of hydrogen-bond acceptors (Lipinski definition) is 3. The zero-order valence-electron chi connectivity index (χ0n) is 14.8. The van der Waals surface area contributed by atoms with E-state index in [0.717, 1.165) is 43.0 Å². The largest absolute Gasteiger partial charge is 0.497 e. The quantitative estimate of drug-likeness (QED) is 0.847. The third kappa shape index (κ3) is 4.12. The topological polar surface area (TPSA) is 27.7 Å². The lowest BCUT2D eigenvalue weighted by Crippen LogP contribution is -2.54. The molecule has 2 aliphatic rings. The zero-order valence-corrected chi connectivity index (χ0v) is 15.6. The predicted molar refractivity (Wildman–Crippen MR) is 104 cm³/mol. The minimum Gasteiger partial charge on any atom is -0.497 e. The van der Waals surface area contributed by atoms with Crippen LogP contribution in [0.25, 0.3) is 0 Å². The lowest BCUT2D eigenvalue weighted by molar-refractivity contribution is 0.293. The van der Waals surface area contributed by atoms with E-state index in [9.17, 15) is 0 Å². The molecule has 0 aromatic heterocycles. The summed E-state index contributed by atoms with van der Waals surface area (Å²) in [6, 6.07) is 8.86. The molecule has 1 N–H and O–H groups in total. The van der Waals surface area contributed by atoms with E-state index in [1.54, 1.807) is 7.11 Å². The Balaban J connectivity index is 1.51. The molecule has 0 radical (unpaired) electrons. The summed E-state index contributed by atoms with van der Waals surface area (Å²) in [5.41, 5.74) is 1.23. The Morgan fingerprint density at radius 2 is 1.92 bits per heavy atom. The van der Waals surface area contributed by atoms with Gasteiger partial charge in [0.25, 0.3) is 0 Å². The second-order valence-corrected chi connectivity index (χ2v) is 7.38. The van der Waals surface area contributed by atoms with E-state index in [-0.39, 0.29) is 0 Å². The summed E-state index contributed by atoms with van der Waals surface area (Å²) in [4.78, 5) is 4.73. The van der Waals surface area contributed by atoms with Gasteiger partial charge in [-0.3, -0.25) is 0 Å². The molecule has 1 aliphatic carbocycles. The van der Waals surface area contributed by atoms with Crippen LogP contribution in [0.15, 0.2) is 24.3 Å². The number of methoxy groups -OCH3 is 1. The molecule has 1 aromatic rings. The highest BCUT2D eigenvalue weighted by atomic mass is 32.1. The van der Waals surface area contributed by atoms with Crippen LogP contribution in [-0.4, -0.2) is 49.3 Å². The molecule has 1 saturated heterocycles. The summed E-state index contributed by atoms with van der Waals surface area (Å²) in [7, 11) is 1.72. The summed E-state index contributed by atoms with van der Waals surface area (Å²) in [5.74, 6) is 1.65. The van der Waals surface area contributed by atoms with E-state index in [1.807, 2.05) is 6.07 Å². The second kappa shape index (κ2) is 8.06.